The number of hydrogen-bond donors (Lipinski definition) is 0. The number of benzene rings is 1. The lowest BCUT2D eigenvalue weighted by atomic mass is 10.2. The zero-order valence-corrected chi connectivity index (χ0v) is 12.1. The summed E-state index contributed by atoms with van der Waals surface area (Å²) in [4.78, 5) is 13.3. The second-order valence-corrected chi connectivity index (χ2v) is 5.98. The van der Waals surface area contributed by atoms with Crippen molar-refractivity contribution >= 4 is 29.3 Å². The van der Waals surface area contributed by atoms with Crippen LogP contribution in [0.5, 0.6) is 5.75 Å². The summed E-state index contributed by atoms with van der Waals surface area (Å²) in [6, 6.07) is 5.56. The van der Waals surface area contributed by atoms with E-state index in [9.17, 15) is 4.79 Å². The zero-order valence-electron chi connectivity index (χ0n) is 10.5. The molecule has 3 nitrogen and oxygen atoms in total. The third kappa shape index (κ3) is 3.12. The van der Waals surface area contributed by atoms with Crippen molar-refractivity contribution in [2.24, 2.45) is 0 Å². The maximum atomic E-state index is 11.4. The number of amides is 1. The second kappa shape index (κ2) is 5.85. The molecule has 0 saturated carbocycles. The van der Waals surface area contributed by atoms with Crippen molar-refractivity contribution in [2.75, 3.05) is 18.9 Å². The summed E-state index contributed by atoms with van der Waals surface area (Å²) in [5, 5.41) is 0.832. The van der Waals surface area contributed by atoms with Gasteiger partial charge >= 0.3 is 0 Å². The fourth-order valence-corrected chi connectivity index (χ4v) is 3.35. The Labute approximate surface area is 116 Å². The topological polar surface area (TPSA) is 29.5 Å². The maximum Gasteiger partial charge on any atom is 0.220 e. The van der Waals surface area contributed by atoms with Crippen LogP contribution in [0.3, 0.4) is 0 Å². The first kappa shape index (κ1) is 13.6. The van der Waals surface area contributed by atoms with Crippen LogP contribution >= 0.6 is 23.4 Å². The van der Waals surface area contributed by atoms with E-state index < -0.39 is 0 Å². The first-order valence-corrected chi connectivity index (χ1v) is 7.28. The Morgan fingerprint density at radius 2 is 2.39 bits per heavy atom. The Hall–Kier alpha value is -0.870. The van der Waals surface area contributed by atoms with Gasteiger partial charge in [-0.25, -0.2) is 0 Å². The highest BCUT2D eigenvalue weighted by molar-refractivity contribution is 8.00. The molecule has 1 fully saturated rings. The number of ether oxygens (including phenoxy) is 1. The SMILES string of the molecule is CC(=O)N1CCSC1COc1ccc(Cl)cc1C. The summed E-state index contributed by atoms with van der Waals surface area (Å²) in [5.74, 6) is 1.92. The van der Waals surface area contributed by atoms with Crippen LogP contribution in [-0.4, -0.2) is 35.1 Å². The van der Waals surface area contributed by atoms with Crippen LogP contribution in [0, 0.1) is 6.92 Å². The van der Waals surface area contributed by atoms with Gasteiger partial charge in [0.05, 0.1) is 0 Å². The van der Waals surface area contributed by atoms with Crippen LogP contribution in [-0.2, 0) is 4.79 Å². The van der Waals surface area contributed by atoms with E-state index in [0.717, 1.165) is 23.6 Å². The minimum Gasteiger partial charge on any atom is -0.490 e. The molecule has 1 saturated heterocycles. The average Bonchev–Trinajstić information content (AvgIpc) is 2.76. The largest absolute Gasteiger partial charge is 0.490 e. The Bertz CT molecular complexity index is 453. The van der Waals surface area contributed by atoms with Crippen molar-refractivity contribution in [3.05, 3.63) is 28.8 Å². The molecule has 1 atom stereocenters. The monoisotopic (exact) mass is 285 g/mol. The minimum atomic E-state index is 0.112. The molecule has 1 aliphatic heterocycles. The van der Waals surface area contributed by atoms with Crippen LogP contribution < -0.4 is 4.74 Å². The zero-order chi connectivity index (χ0) is 13.1. The molecular formula is C13H16ClNO2S. The molecule has 0 aromatic heterocycles. The molecule has 1 aromatic rings. The van der Waals surface area contributed by atoms with Crippen molar-refractivity contribution in [1.29, 1.82) is 0 Å². The normalized spacial score (nSPS) is 19.1. The van der Waals surface area contributed by atoms with Crippen LogP contribution in [0.4, 0.5) is 0 Å². The molecule has 1 aliphatic rings. The van der Waals surface area contributed by atoms with Gasteiger partial charge in [0.2, 0.25) is 5.91 Å². The summed E-state index contributed by atoms with van der Waals surface area (Å²) in [6.07, 6.45) is 0. The smallest absolute Gasteiger partial charge is 0.220 e. The third-order valence-corrected chi connectivity index (χ3v) is 4.34. The van der Waals surface area contributed by atoms with Gasteiger partial charge in [-0.1, -0.05) is 11.6 Å². The summed E-state index contributed by atoms with van der Waals surface area (Å²) >= 11 is 7.66. The first-order valence-electron chi connectivity index (χ1n) is 5.85. The second-order valence-electron chi connectivity index (χ2n) is 4.26. The van der Waals surface area contributed by atoms with E-state index in [0.29, 0.717) is 11.6 Å². The molecule has 1 unspecified atom stereocenters. The molecule has 5 heteroatoms. The van der Waals surface area contributed by atoms with E-state index in [1.807, 2.05) is 30.0 Å². The predicted molar refractivity (Wildman–Crippen MR) is 75.3 cm³/mol. The van der Waals surface area contributed by atoms with E-state index in [-0.39, 0.29) is 11.3 Å². The first-order chi connectivity index (χ1) is 8.58. The number of carbonyl (C=O) groups excluding carboxylic acids is 1. The lowest BCUT2D eigenvalue weighted by molar-refractivity contribution is -0.129. The van der Waals surface area contributed by atoms with E-state index in [1.165, 1.54) is 0 Å². The van der Waals surface area contributed by atoms with Crippen molar-refractivity contribution in [3.63, 3.8) is 0 Å². The third-order valence-electron chi connectivity index (χ3n) is 2.91. The summed E-state index contributed by atoms with van der Waals surface area (Å²) < 4.78 is 5.78. The van der Waals surface area contributed by atoms with Gasteiger partial charge in [-0.05, 0) is 30.7 Å². The van der Waals surface area contributed by atoms with E-state index in [2.05, 4.69) is 0 Å². The van der Waals surface area contributed by atoms with Crippen molar-refractivity contribution in [1.82, 2.24) is 4.90 Å². The van der Waals surface area contributed by atoms with Gasteiger partial charge in [0.1, 0.15) is 17.7 Å². The van der Waals surface area contributed by atoms with Crippen molar-refractivity contribution in [2.45, 2.75) is 19.2 Å². The standard InChI is InChI=1S/C13H16ClNO2S/c1-9-7-11(14)3-4-12(9)17-8-13-15(10(2)16)5-6-18-13/h3-4,7,13H,5-6,8H2,1-2H3. The quantitative estimate of drug-likeness (QED) is 0.855. The number of nitrogens with zero attached hydrogens (tertiary/aromatic N) is 1. The van der Waals surface area contributed by atoms with Crippen LogP contribution in [0.15, 0.2) is 18.2 Å². The van der Waals surface area contributed by atoms with Gasteiger partial charge in [0.15, 0.2) is 0 Å². The van der Waals surface area contributed by atoms with E-state index in [1.54, 1.807) is 18.7 Å². The van der Waals surface area contributed by atoms with Crippen LogP contribution in [0.2, 0.25) is 5.02 Å². The van der Waals surface area contributed by atoms with Gasteiger partial charge in [-0.2, -0.15) is 0 Å². The maximum absolute atomic E-state index is 11.4. The predicted octanol–water partition coefficient (Wildman–Crippen LogP) is 2.95. The van der Waals surface area contributed by atoms with E-state index in [4.69, 9.17) is 16.3 Å². The number of hydrogen-bond acceptors (Lipinski definition) is 3. The van der Waals surface area contributed by atoms with Crippen LogP contribution in [0.25, 0.3) is 0 Å². The molecule has 0 radical (unpaired) electrons. The van der Waals surface area contributed by atoms with Gasteiger partial charge in [0.25, 0.3) is 0 Å². The molecule has 1 amide bonds. The molecule has 0 aliphatic carbocycles. The number of thioether (sulfide) groups is 1. The number of rotatable bonds is 3. The van der Waals surface area contributed by atoms with Gasteiger partial charge in [0, 0.05) is 24.2 Å². The average molecular weight is 286 g/mol. The van der Waals surface area contributed by atoms with Gasteiger partial charge in [-0.3, -0.25) is 4.79 Å². The molecule has 0 bridgehead atoms. The molecular weight excluding hydrogens is 270 g/mol. The van der Waals surface area contributed by atoms with Gasteiger partial charge in [-0.15, -0.1) is 11.8 Å². The summed E-state index contributed by atoms with van der Waals surface area (Å²) in [5.41, 5.74) is 1.01. The lowest BCUT2D eigenvalue weighted by Gasteiger charge is -2.22. The lowest BCUT2D eigenvalue weighted by Crippen LogP contribution is -2.36. The molecule has 98 valence electrons. The fraction of sp³-hybridized carbons (Fsp3) is 0.462. The van der Waals surface area contributed by atoms with Crippen molar-refractivity contribution < 1.29 is 9.53 Å². The van der Waals surface area contributed by atoms with Crippen molar-refractivity contribution in [3.8, 4) is 5.75 Å². The highest BCUT2D eigenvalue weighted by atomic mass is 35.5. The molecule has 1 aromatic carbocycles. The summed E-state index contributed by atoms with van der Waals surface area (Å²) in [7, 11) is 0. The molecule has 1 heterocycles. The summed E-state index contributed by atoms with van der Waals surface area (Å²) in [6.45, 7) is 4.90. The number of halogens is 1. The number of aryl methyl sites for hydroxylation is 1. The highest BCUT2D eigenvalue weighted by Gasteiger charge is 2.27. The molecule has 0 spiro atoms. The Morgan fingerprint density at radius 3 is 3.06 bits per heavy atom. The number of carbonyl (C=O) groups is 1. The van der Waals surface area contributed by atoms with E-state index >= 15 is 0 Å². The molecule has 18 heavy (non-hydrogen) atoms. The van der Waals surface area contributed by atoms with Crippen LogP contribution in [0.1, 0.15) is 12.5 Å². The minimum absolute atomic E-state index is 0.112. The Balaban J connectivity index is 1.97. The van der Waals surface area contributed by atoms with Gasteiger partial charge < -0.3 is 9.64 Å². The highest BCUT2D eigenvalue weighted by Crippen LogP contribution is 2.26. The fourth-order valence-electron chi connectivity index (χ4n) is 1.96. The Kier molecular flexibility index (Phi) is 4.40. The molecule has 2 rings (SSSR count). The molecule has 0 N–H and O–H groups in total. The Morgan fingerprint density at radius 1 is 1.61 bits per heavy atom.